The van der Waals surface area contributed by atoms with Crippen LogP contribution in [0.25, 0.3) is 0 Å². The van der Waals surface area contributed by atoms with E-state index in [1.807, 2.05) is 55.4 Å². The molecule has 25 heteroatoms. The Balaban J connectivity index is 7.20. The lowest BCUT2D eigenvalue weighted by atomic mass is 9.91. The van der Waals surface area contributed by atoms with Crippen molar-refractivity contribution in [2.24, 2.45) is 41.4 Å². The van der Waals surface area contributed by atoms with E-state index < -0.39 is 162 Å². The molecular weight excluding hydrogens is 1180 g/mol. The predicted molar refractivity (Wildman–Crippen MR) is 356 cm³/mol. The van der Waals surface area contributed by atoms with Gasteiger partial charge in [0.05, 0.1) is 18.7 Å². The molecule has 0 bridgehead atoms. The number of hydrogen-bond acceptors (Lipinski definition) is 14. The van der Waals surface area contributed by atoms with E-state index in [0.29, 0.717) is 12.7 Å². The molecule has 0 aromatic carbocycles. The zero-order valence-corrected chi connectivity index (χ0v) is 61.0. The van der Waals surface area contributed by atoms with Crippen molar-refractivity contribution in [1.29, 1.82) is 0 Å². The molecule has 0 aliphatic rings. The molecule has 11 amide bonds. The van der Waals surface area contributed by atoms with Gasteiger partial charge in [0.25, 0.3) is 0 Å². The smallest absolute Gasteiger partial charge is 0.408 e. The van der Waals surface area contributed by atoms with E-state index in [-0.39, 0.29) is 55.8 Å². The molecule has 0 radical (unpaired) electrons. The molecule has 92 heavy (non-hydrogen) atoms. The van der Waals surface area contributed by atoms with Crippen molar-refractivity contribution >= 4 is 71.5 Å². The van der Waals surface area contributed by atoms with Crippen LogP contribution in [-0.2, 0) is 57.5 Å². The molecule has 0 aliphatic heterocycles. The molecule has 528 valence electrons. The van der Waals surface area contributed by atoms with E-state index in [0.717, 1.165) is 9.80 Å². The normalized spacial score (nSPS) is 15.8. The highest BCUT2D eigenvalue weighted by Gasteiger charge is 2.45. The van der Waals surface area contributed by atoms with Gasteiger partial charge in [-0.25, -0.2) is 4.79 Å². The molecule has 0 saturated heterocycles. The maximum atomic E-state index is 15.2. The monoisotopic (exact) mass is 1300 g/mol. The lowest BCUT2D eigenvalue weighted by Crippen LogP contribution is -2.63. The number of nitrogens with one attached hydrogen (secondary N) is 4. The van der Waals surface area contributed by atoms with Gasteiger partial charge in [-0.1, -0.05) is 109 Å². The number of aliphatic hydroxyl groups is 1. The quantitative estimate of drug-likeness (QED) is 0.0410. The number of hydrogen-bond donors (Lipinski definition) is 5. The van der Waals surface area contributed by atoms with Crippen molar-refractivity contribution in [3.05, 3.63) is 12.2 Å². The second-order valence-electron chi connectivity index (χ2n) is 28.4. The summed E-state index contributed by atoms with van der Waals surface area (Å²) in [5, 5.41) is 22.9. The van der Waals surface area contributed by atoms with Crippen LogP contribution in [0.3, 0.4) is 0 Å². The SMILES string of the molecule is C/C=C/C[C@@H](C)[C@@H](O)[C@@H](C(=O)N[C@@H](CC)C(=O)N(C)CC(=O)N(C)[C@@H](CC(C)C)C(=O)N[C@H](C(=O)N(C)[C@@H](CC(C)C)C(=O)N[C@@H](C)C=O)C(C)C)N(C)C(=O)[C@H](C(C)C)N(C)C(=O)[C@H](CC(C)C)N(C)C(=O)[C@H](CC(C)C)N(C)C(=O)[C@@H](C)NC(=O)OC(C)(C)C. The highest BCUT2D eigenvalue weighted by atomic mass is 16.6. The zero-order chi connectivity index (χ0) is 71.9. The molecule has 5 N–H and O–H groups in total. The van der Waals surface area contributed by atoms with Crippen molar-refractivity contribution in [3.8, 4) is 0 Å². The summed E-state index contributed by atoms with van der Waals surface area (Å²) in [6, 6.07) is -11.5. The highest BCUT2D eigenvalue weighted by Crippen LogP contribution is 2.26. The van der Waals surface area contributed by atoms with Gasteiger partial charge in [0, 0.05) is 49.3 Å². The predicted octanol–water partition coefficient (Wildman–Crippen LogP) is 4.86. The van der Waals surface area contributed by atoms with Crippen LogP contribution < -0.4 is 21.3 Å². The van der Waals surface area contributed by atoms with Crippen LogP contribution in [0.1, 0.15) is 177 Å². The van der Waals surface area contributed by atoms with Crippen molar-refractivity contribution in [3.63, 3.8) is 0 Å². The Bertz CT molecular complexity index is 2500. The molecule has 0 aromatic heterocycles. The Labute approximate surface area is 551 Å². The van der Waals surface area contributed by atoms with E-state index in [9.17, 15) is 53.1 Å². The molecule has 0 aromatic rings. The van der Waals surface area contributed by atoms with Gasteiger partial charge < -0.3 is 70.2 Å². The second-order valence-corrected chi connectivity index (χ2v) is 28.4. The summed E-state index contributed by atoms with van der Waals surface area (Å²) in [6.07, 6.45) is 2.89. The number of alkyl carbamates (subject to hydrolysis) is 1. The average Bonchev–Trinajstić information content (AvgIpc) is 0.813. The maximum Gasteiger partial charge on any atom is 0.408 e. The van der Waals surface area contributed by atoms with Crippen LogP contribution in [0.4, 0.5) is 4.79 Å². The van der Waals surface area contributed by atoms with E-state index in [4.69, 9.17) is 4.74 Å². The highest BCUT2D eigenvalue weighted by molar-refractivity contribution is 5.99. The second kappa shape index (κ2) is 39.1. The fourth-order valence-corrected chi connectivity index (χ4v) is 10.8. The summed E-state index contributed by atoms with van der Waals surface area (Å²) in [5.41, 5.74) is -0.833. The lowest BCUT2D eigenvalue weighted by molar-refractivity contribution is -0.157. The Morgan fingerprint density at radius 2 is 0.913 bits per heavy atom. The third-order valence-electron chi connectivity index (χ3n) is 16.3. The van der Waals surface area contributed by atoms with Crippen LogP contribution in [0.5, 0.6) is 0 Å². The number of aldehydes is 1. The first-order valence-electron chi connectivity index (χ1n) is 32.8. The largest absolute Gasteiger partial charge is 0.444 e. The number of ether oxygens (including phenoxy) is 1. The van der Waals surface area contributed by atoms with Gasteiger partial charge in [0.15, 0.2) is 0 Å². The van der Waals surface area contributed by atoms with Crippen LogP contribution in [0.2, 0.25) is 0 Å². The molecule has 0 unspecified atom stereocenters. The standard InChI is InChI=1S/C67H121N11O14/c1-28-30-31-44(15)56(81)55(78(27)65(90)54(43(13)14)77(26)63(88)51(35-41(9)10)76(25)62(87)50(34-40(7)8)75(24)60(85)46(17)69-66(91)92-67(18,19)20)59(84)70-47(29-2)61(86)72(21)36-52(80)73(22)48(32-38(3)4)58(83)71-53(42(11)12)64(89)74(23)49(33-39(5)6)57(82)68-45(16)37-79/h28,30,37-51,53-56,81H,29,31-36H2,1-27H3,(H,68,82)(H,69,91)(H,70,84)(H,71,83)/b30-28+/t44-,45+,46-,47+,48+,49+,50+,51+,53+,54+,55+,56-/m1/s1. The van der Waals surface area contributed by atoms with Crippen LogP contribution in [-0.4, -0.2) is 239 Å². The molecule has 25 nitrogen and oxygen atoms in total. The van der Waals surface area contributed by atoms with Crippen molar-refractivity contribution in [1.82, 2.24) is 55.6 Å². The zero-order valence-electron chi connectivity index (χ0n) is 61.0. The summed E-state index contributed by atoms with van der Waals surface area (Å²) in [7, 11) is 9.94. The summed E-state index contributed by atoms with van der Waals surface area (Å²) in [5.74, 6) is -8.55. The maximum absolute atomic E-state index is 15.2. The van der Waals surface area contributed by atoms with Crippen LogP contribution in [0, 0.1) is 41.4 Å². The summed E-state index contributed by atoms with van der Waals surface area (Å²) < 4.78 is 5.35. The minimum absolute atomic E-state index is 0.0000983. The first kappa shape index (κ1) is 85.3. The topological polar surface area (TPSA) is 305 Å². The third kappa shape index (κ3) is 26.4. The molecule has 0 fully saturated rings. The number of rotatable bonds is 37. The van der Waals surface area contributed by atoms with Crippen LogP contribution >= 0.6 is 0 Å². The van der Waals surface area contributed by atoms with Gasteiger partial charge in [-0.2, -0.15) is 0 Å². The van der Waals surface area contributed by atoms with Gasteiger partial charge in [-0.05, 0) is 121 Å². The summed E-state index contributed by atoms with van der Waals surface area (Å²) in [4.78, 5) is 177. The number of carbonyl (C=O) groups is 12. The third-order valence-corrected chi connectivity index (χ3v) is 16.3. The molecular formula is C67H121N11O14. The molecule has 0 rings (SSSR count). The molecule has 0 aliphatic carbocycles. The Kier molecular flexibility index (Phi) is 36.3. The van der Waals surface area contributed by atoms with Gasteiger partial charge in [-0.15, -0.1) is 0 Å². The lowest BCUT2D eigenvalue weighted by Gasteiger charge is -2.41. The molecule has 0 heterocycles. The first-order chi connectivity index (χ1) is 42.3. The van der Waals surface area contributed by atoms with Gasteiger partial charge >= 0.3 is 6.09 Å². The van der Waals surface area contributed by atoms with Gasteiger partial charge in [-0.3, -0.25) is 47.9 Å². The van der Waals surface area contributed by atoms with Gasteiger partial charge in [0.1, 0.15) is 66.3 Å². The Hall–Kier alpha value is -6.66. The Morgan fingerprint density at radius 3 is 1.34 bits per heavy atom. The number of carbonyl (C=O) groups excluding carboxylic acids is 12. The van der Waals surface area contributed by atoms with Crippen molar-refractivity contribution in [2.75, 3.05) is 55.9 Å². The average molecular weight is 1300 g/mol. The van der Waals surface area contributed by atoms with E-state index in [2.05, 4.69) is 21.3 Å². The van der Waals surface area contributed by atoms with Crippen LogP contribution in [0.15, 0.2) is 12.2 Å². The molecule has 0 saturated carbocycles. The van der Waals surface area contributed by atoms with Crippen molar-refractivity contribution in [2.45, 2.75) is 249 Å². The number of nitrogens with zero attached hydrogens (tertiary/aromatic N) is 7. The van der Waals surface area contributed by atoms with E-state index in [1.54, 1.807) is 81.4 Å². The minimum Gasteiger partial charge on any atom is -0.444 e. The summed E-state index contributed by atoms with van der Waals surface area (Å²) >= 11 is 0. The summed E-state index contributed by atoms with van der Waals surface area (Å²) in [6.45, 7) is 34.5. The molecule has 0 spiro atoms. The fraction of sp³-hybridized carbons (Fsp3) is 0.791. The number of aliphatic hydroxyl groups excluding tert-OH is 1. The first-order valence-corrected chi connectivity index (χ1v) is 32.8. The fourth-order valence-electron chi connectivity index (χ4n) is 10.8. The van der Waals surface area contributed by atoms with Gasteiger partial charge in [0.2, 0.25) is 59.1 Å². The number of amides is 11. The number of allylic oxidation sites excluding steroid dienone is 2. The minimum atomic E-state index is -1.64. The Morgan fingerprint density at radius 1 is 0.489 bits per heavy atom. The van der Waals surface area contributed by atoms with E-state index in [1.165, 1.54) is 87.7 Å². The van der Waals surface area contributed by atoms with Crippen molar-refractivity contribution < 1.29 is 67.4 Å². The molecule has 12 atom stereocenters. The number of likely N-dealkylation sites (N-methyl/N-ethyl adjacent to an activating group) is 7. The van der Waals surface area contributed by atoms with E-state index >= 15 is 9.59 Å².